The predicted molar refractivity (Wildman–Crippen MR) is 115 cm³/mol. The van der Waals surface area contributed by atoms with Crippen LogP contribution in [0.3, 0.4) is 0 Å². The first-order valence-electron chi connectivity index (χ1n) is 9.09. The van der Waals surface area contributed by atoms with Crippen LogP contribution in [0.2, 0.25) is 0 Å². The molecule has 0 unspecified atom stereocenters. The van der Waals surface area contributed by atoms with Gasteiger partial charge in [0.05, 0.1) is 9.79 Å². The normalized spacial score (nSPS) is 11.7. The number of nitrogens with one attached hydrogen (secondary N) is 1. The Labute approximate surface area is 181 Å². The average Bonchev–Trinajstić information content (AvgIpc) is 2.73. The van der Waals surface area contributed by atoms with Crippen molar-refractivity contribution in [2.75, 3.05) is 5.32 Å². The summed E-state index contributed by atoms with van der Waals surface area (Å²) in [7, 11) is -9.29. The Morgan fingerprint density at radius 1 is 0.742 bits per heavy atom. The largest absolute Gasteiger partial charge is 0.361 e. The number of anilines is 1. The summed E-state index contributed by atoms with van der Waals surface area (Å²) in [5, 5.41) is 2.33. The van der Waals surface area contributed by atoms with Crippen molar-refractivity contribution < 1.29 is 25.9 Å². The second kappa shape index (κ2) is 8.88. The Morgan fingerprint density at radius 2 is 1.23 bits per heavy atom. The van der Waals surface area contributed by atoms with Gasteiger partial charge >= 0.3 is 16.1 Å². The van der Waals surface area contributed by atoms with E-state index in [1.807, 2.05) is 0 Å². The van der Waals surface area contributed by atoms with Gasteiger partial charge in [-0.3, -0.25) is 0 Å². The summed E-state index contributed by atoms with van der Waals surface area (Å²) < 4.78 is 56.4. The van der Waals surface area contributed by atoms with E-state index in [4.69, 9.17) is 4.28 Å². The molecule has 0 aliphatic rings. The molecule has 0 heterocycles. The highest BCUT2D eigenvalue weighted by Crippen LogP contribution is 2.23. The van der Waals surface area contributed by atoms with Crippen LogP contribution in [0.1, 0.15) is 11.1 Å². The van der Waals surface area contributed by atoms with E-state index in [0.29, 0.717) is 0 Å². The summed E-state index contributed by atoms with van der Waals surface area (Å²) in [4.78, 5) is 12.2. The Morgan fingerprint density at radius 3 is 1.74 bits per heavy atom. The lowest BCUT2D eigenvalue weighted by Crippen LogP contribution is -2.41. The fourth-order valence-corrected chi connectivity index (χ4v) is 4.81. The maximum absolute atomic E-state index is 13.1. The molecule has 0 spiro atoms. The van der Waals surface area contributed by atoms with Crippen LogP contribution in [0.5, 0.6) is 0 Å². The van der Waals surface area contributed by atoms with Crippen LogP contribution in [-0.4, -0.2) is 27.3 Å². The van der Waals surface area contributed by atoms with Gasteiger partial charge in [-0.05, 0) is 50.2 Å². The van der Waals surface area contributed by atoms with E-state index in [1.54, 1.807) is 32.0 Å². The average molecular weight is 461 g/mol. The quantitative estimate of drug-likeness (QED) is 0.560. The number of sulfonamides is 1. The molecule has 0 bridgehead atoms. The summed E-state index contributed by atoms with van der Waals surface area (Å²) >= 11 is 0. The van der Waals surface area contributed by atoms with Gasteiger partial charge in [0, 0.05) is 5.69 Å². The number of hydrogen-bond acceptors (Lipinski definition) is 6. The molecule has 31 heavy (non-hydrogen) atoms. The molecule has 0 saturated heterocycles. The van der Waals surface area contributed by atoms with E-state index in [9.17, 15) is 21.6 Å². The molecule has 10 heteroatoms. The molecule has 1 N–H and O–H groups in total. The standard InChI is InChI=1S/C21H20N2O6S2/c1-16-8-12-19(13-9-16)30(25,26)23(21(24)22-18-6-4-3-5-7-18)29-31(27,28)20-14-10-17(2)11-15-20/h3-15H,1-2H3,(H,22,24). The highest BCUT2D eigenvalue weighted by molar-refractivity contribution is 7.91. The van der Waals surface area contributed by atoms with Gasteiger partial charge in [-0.25, -0.2) is 4.79 Å². The van der Waals surface area contributed by atoms with Crippen molar-refractivity contribution in [3.8, 4) is 0 Å². The molecule has 3 aromatic rings. The number of aryl methyl sites for hydroxylation is 2. The van der Waals surface area contributed by atoms with Gasteiger partial charge in [0.1, 0.15) is 0 Å². The number of para-hydroxylation sites is 1. The Kier molecular flexibility index (Phi) is 6.44. The van der Waals surface area contributed by atoms with Crippen LogP contribution < -0.4 is 5.32 Å². The number of hydroxylamine groups is 1. The highest BCUT2D eigenvalue weighted by atomic mass is 32.2. The van der Waals surface area contributed by atoms with E-state index in [1.165, 1.54) is 60.7 Å². The summed E-state index contributed by atoms with van der Waals surface area (Å²) in [6, 6.07) is 17.8. The lowest BCUT2D eigenvalue weighted by atomic mass is 10.2. The minimum absolute atomic E-state index is 0.153. The van der Waals surface area contributed by atoms with Gasteiger partial charge in [-0.2, -0.15) is 16.8 Å². The molecule has 0 atom stereocenters. The topological polar surface area (TPSA) is 110 Å². The van der Waals surface area contributed by atoms with Gasteiger partial charge in [-0.15, -0.1) is 4.28 Å². The molecule has 8 nitrogen and oxygen atoms in total. The second-order valence-corrected chi connectivity index (χ2v) is 9.97. The van der Waals surface area contributed by atoms with Gasteiger partial charge in [0.25, 0.3) is 10.0 Å². The van der Waals surface area contributed by atoms with E-state index in [0.717, 1.165) is 11.1 Å². The third-order valence-corrected chi connectivity index (χ3v) is 7.04. The molecule has 0 saturated carbocycles. The molecule has 0 fully saturated rings. The minimum atomic E-state index is -4.67. The Balaban J connectivity index is 2.02. The third-order valence-electron chi connectivity index (χ3n) is 4.20. The third kappa shape index (κ3) is 5.29. The molecule has 162 valence electrons. The van der Waals surface area contributed by atoms with E-state index >= 15 is 0 Å². The zero-order valence-corrected chi connectivity index (χ0v) is 18.4. The van der Waals surface area contributed by atoms with Crippen LogP contribution in [0, 0.1) is 13.8 Å². The number of benzene rings is 3. The molecular weight excluding hydrogens is 440 g/mol. The van der Waals surface area contributed by atoms with Crippen molar-refractivity contribution in [3.63, 3.8) is 0 Å². The van der Waals surface area contributed by atoms with Gasteiger partial charge < -0.3 is 5.32 Å². The summed E-state index contributed by atoms with van der Waals surface area (Å²) in [5.41, 5.74) is 1.84. The van der Waals surface area contributed by atoms with E-state index < -0.39 is 26.2 Å². The van der Waals surface area contributed by atoms with Crippen molar-refractivity contribution >= 4 is 31.9 Å². The highest BCUT2D eigenvalue weighted by Gasteiger charge is 2.36. The SMILES string of the molecule is Cc1ccc(S(=O)(=O)ON(C(=O)Nc2ccccc2)S(=O)(=O)c2ccc(C)cc2)cc1. The lowest BCUT2D eigenvalue weighted by molar-refractivity contribution is 0.0837. The summed E-state index contributed by atoms with van der Waals surface area (Å²) in [6.07, 6.45) is 0. The first kappa shape index (κ1) is 22.5. The smallest absolute Gasteiger partial charge is 0.305 e. The first-order chi connectivity index (χ1) is 14.6. The zero-order valence-electron chi connectivity index (χ0n) is 16.7. The maximum Gasteiger partial charge on any atom is 0.361 e. The van der Waals surface area contributed by atoms with Gasteiger partial charge in [0.15, 0.2) is 0 Å². The number of carbonyl (C=O) groups is 1. The number of carbonyl (C=O) groups excluding carboxylic acids is 1. The van der Waals surface area contributed by atoms with Crippen LogP contribution in [-0.2, 0) is 24.4 Å². The fraction of sp³-hybridized carbons (Fsp3) is 0.0952. The summed E-state index contributed by atoms with van der Waals surface area (Å²) in [5.74, 6) is 0. The van der Waals surface area contributed by atoms with Crippen LogP contribution in [0.15, 0.2) is 88.7 Å². The predicted octanol–water partition coefficient (Wildman–Crippen LogP) is 3.85. The van der Waals surface area contributed by atoms with E-state index in [2.05, 4.69) is 5.32 Å². The monoisotopic (exact) mass is 460 g/mol. The first-order valence-corrected chi connectivity index (χ1v) is 11.9. The zero-order chi connectivity index (χ0) is 22.6. The van der Waals surface area contributed by atoms with Gasteiger partial charge in [-0.1, -0.05) is 58.1 Å². The lowest BCUT2D eigenvalue weighted by Gasteiger charge is -2.21. The fourth-order valence-electron chi connectivity index (χ4n) is 2.52. The van der Waals surface area contributed by atoms with Crippen molar-refractivity contribution in [1.82, 2.24) is 4.47 Å². The second-order valence-electron chi connectivity index (χ2n) is 6.68. The molecular formula is C21H20N2O6S2. The van der Waals surface area contributed by atoms with Crippen LogP contribution in [0.4, 0.5) is 10.5 Å². The molecule has 3 rings (SSSR count). The number of amides is 2. The van der Waals surface area contributed by atoms with Crippen molar-refractivity contribution in [2.45, 2.75) is 23.6 Å². The molecule has 0 aliphatic carbocycles. The molecule has 0 radical (unpaired) electrons. The van der Waals surface area contributed by atoms with Gasteiger partial charge in [0.2, 0.25) is 0 Å². The number of hydrogen-bond donors (Lipinski definition) is 1. The Bertz CT molecular complexity index is 1270. The van der Waals surface area contributed by atoms with Crippen molar-refractivity contribution in [1.29, 1.82) is 0 Å². The minimum Gasteiger partial charge on any atom is -0.305 e. The number of rotatable bonds is 6. The number of nitrogens with zero attached hydrogens (tertiary/aromatic N) is 1. The van der Waals surface area contributed by atoms with Crippen molar-refractivity contribution in [3.05, 3.63) is 90.0 Å². The number of urea groups is 1. The summed E-state index contributed by atoms with van der Waals surface area (Å²) in [6.45, 7) is 3.52. The molecule has 3 aromatic carbocycles. The molecule has 0 aromatic heterocycles. The maximum atomic E-state index is 13.1. The molecule has 0 aliphatic heterocycles. The van der Waals surface area contributed by atoms with E-state index in [-0.39, 0.29) is 19.9 Å². The molecule has 2 amide bonds. The van der Waals surface area contributed by atoms with Crippen molar-refractivity contribution in [2.24, 2.45) is 0 Å². The van der Waals surface area contributed by atoms with Crippen LogP contribution in [0.25, 0.3) is 0 Å². The Hall–Kier alpha value is -3.21. The van der Waals surface area contributed by atoms with Crippen LogP contribution >= 0.6 is 0 Å².